The first-order valence-electron chi connectivity index (χ1n) is 11.2. The van der Waals surface area contributed by atoms with Crippen molar-refractivity contribution in [2.75, 3.05) is 5.32 Å². The number of benzene rings is 2. The van der Waals surface area contributed by atoms with Crippen LogP contribution in [0.15, 0.2) is 60.0 Å². The van der Waals surface area contributed by atoms with Gasteiger partial charge in [0.05, 0.1) is 16.0 Å². The number of anilines is 2. The molecular weight excluding hydrogens is 464 g/mol. The molecule has 0 radical (unpaired) electrons. The Morgan fingerprint density at radius 3 is 2.69 bits per heavy atom. The highest BCUT2D eigenvalue weighted by Crippen LogP contribution is 2.38. The van der Waals surface area contributed by atoms with Gasteiger partial charge in [0.25, 0.3) is 11.6 Å². The molecule has 35 heavy (non-hydrogen) atoms. The lowest BCUT2D eigenvalue weighted by Crippen LogP contribution is -2.19. The van der Waals surface area contributed by atoms with E-state index in [1.54, 1.807) is 54.9 Å². The Labute approximate surface area is 205 Å². The van der Waals surface area contributed by atoms with Crippen LogP contribution < -0.4 is 10.7 Å². The minimum atomic E-state index is -0.460. The predicted molar refractivity (Wildman–Crippen MR) is 137 cm³/mol. The first-order valence-corrected chi connectivity index (χ1v) is 12.0. The number of nitrogens with one attached hydrogen (secondary N) is 2. The highest BCUT2D eigenvalue weighted by Gasteiger charge is 2.20. The summed E-state index contributed by atoms with van der Waals surface area (Å²) in [6, 6.07) is 13.1. The van der Waals surface area contributed by atoms with Crippen molar-refractivity contribution in [3.8, 4) is 0 Å². The molecular formula is C25H22N6O3S. The van der Waals surface area contributed by atoms with E-state index in [4.69, 9.17) is 0 Å². The van der Waals surface area contributed by atoms with E-state index in [0.29, 0.717) is 16.8 Å². The van der Waals surface area contributed by atoms with Gasteiger partial charge in [0, 0.05) is 28.3 Å². The lowest BCUT2D eigenvalue weighted by atomic mass is 9.97. The van der Waals surface area contributed by atoms with Crippen molar-refractivity contribution in [2.24, 2.45) is 5.10 Å². The van der Waals surface area contributed by atoms with Crippen LogP contribution in [0, 0.1) is 10.1 Å². The maximum absolute atomic E-state index is 12.7. The number of carbonyl (C=O) groups excluding carboxylic acids is 1. The average Bonchev–Trinajstić information content (AvgIpc) is 3.27. The van der Waals surface area contributed by atoms with E-state index in [2.05, 4.69) is 25.8 Å². The summed E-state index contributed by atoms with van der Waals surface area (Å²) < 4.78 is 0. The van der Waals surface area contributed by atoms with E-state index < -0.39 is 4.92 Å². The van der Waals surface area contributed by atoms with Crippen LogP contribution in [0.4, 0.5) is 17.2 Å². The molecule has 9 nitrogen and oxygen atoms in total. The number of nitrogens with zero attached hydrogens (tertiary/aromatic N) is 4. The molecule has 0 aliphatic heterocycles. The van der Waals surface area contributed by atoms with Crippen molar-refractivity contribution in [3.05, 3.63) is 86.5 Å². The number of nitro benzene ring substituents is 1. The lowest BCUT2D eigenvalue weighted by Gasteiger charge is -2.13. The SMILES string of the molecule is C/C(=N\NC(=O)c1cccc(Nc2ncnc3sc4c(c23)CCCC4)c1)c1ccc([N+](=O)[O-])cc1. The van der Waals surface area contributed by atoms with E-state index in [-0.39, 0.29) is 11.6 Å². The van der Waals surface area contributed by atoms with Gasteiger partial charge in [-0.25, -0.2) is 15.4 Å². The molecule has 0 fully saturated rings. The molecule has 2 aromatic carbocycles. The first kappa shape index (κ1) is 22.6. The van der Waals surface area contributed by atoms with Crippen LogP contribution in [0.25, 0.3) is 10.2 Å². The molecule has 2 aromatic heterocycles. The summed E-state index contributed by atoms with van der Waals surface area (Å²) in [5.74, 6) is 0.384. The van der Waals surface area contributed by atoms with Crippen LogP contribution in [-0.2, 0) is 12.8 Å². The van der Waals surface area contributed by atoms with Gasteiger partial charge < -0.3 is 5.32 Å². The first-order chi connectivity index (χ1) is 17.0. The third-order valence-corrected chi connectivity index (χ3v) is 7.16. The Morgan fingerprint density at radius 2 is 1.89 bits per heavy atom. The molecule has 10 heteroatoms. The Hall–Kier alpha value is -4.18. The molecule has 1 aliphatic carbocycles. The molecule has 0 saturated carbocycles. The van der Waals surface area contributed by atoms with Gasteiger partial charge in [0.15, 0.2) is 0 Å². The molecule has 5 rings (SSSR count). The number of aryl methyl sites for hydroxylation is 2. The van der Waals surface area contributed by atoms with Crippen molar-refractivity contribution in [1.29, 1.82) is 0 Å². The van der Waals surface area contributed by atoms with Gasteiger partial charge >= 0.3 is 0 Å². The third-order valence-electron chi connectivity index (χ3n) is 5.96. The molecule has 2 heterocycles. The summed E-state index contributed by atoms with van der Waals surface area (Å²) in [7, 11) is 0. The quantitative estimate of drug-likeness (QED) is 0.214. The Balaban J connectivity index is 1.33. The number of amides is 1. The van der Waals surface area contributed by atoms with Gasteiger partial charge in [-0.3, -0.25) is 14.9 Å². The number of hydrazone groups is 1. The van der Waals surface area contributed by atoms with Gasteiger partial charge in [-0.05, 0) is 74.1 Å². The maximum atomic E-state index is 12.7. The van der Waals surface area contributed by atoms with Gasteiger partial charge in [-0.15, -0.1) is 11.3 Å². The van der Waals surface area contributed by atoms with Crippen LogP contribution in [0.2, 0.25) is 0 Å². The van der Waals surface area contributed by atoms with Crippen LogP contribution in [0.3, 0.4) is 0 Å². The summed E-state index contributed by atoms with van der Waals surface area (Å²) in [5.41, 5.74) is 6.28. The van der Waals surface area contributed by atoms with Gasteiger partial charge in [-0.1, -0.05) is 6.07 Å². The van der Waals surface area contributed by atoms with Gasteiger partial charge in [-0.2, -0.15) is 5.10 Å². The van der Waals surface area contributed by atoms with Crippen LogP contribution in [-0.4, -0.2) is 26.5 Å². The zero-order valence-corrected chi connectivity index (χ0v) is 19.8. The topological polar surface area (TPSA) is 122 Å². The highest BCUT2D eigenvalue weighted by atomic mass is 32.1. The second-order valence-corrected chi connectivity index (χ2v) is 9.34. The minimum absolute atomic E-state index is 0.00109. The summed E-state index contributed by atoms with van der Waals surface area (Å²) >= 11 is 1.74. The summed E-state index contributed by atoms with van der Waals surface area (Å²) in [4.78, 5) is 34.4. The second kappa shape index (κ2) is 9.59. The fraction of sp³-hybridized carbons (Fsp3) is 0.200. The molecule has 0 atom stereocenters. The van der Waals surface area contributed by atoms with Crippen LogP contribution >= 0.6 is 11.3 Å². The molecule has 0 unspecified atom stereocenters. The smallest absolute Gasteiger partial charge is 0.271 e. The summed E-state index contributed by atoms with van der Waals surface area (Å²) in [5, 5.41) is 19.4. The molecule has 1 amide bonds. The van der Waals surface area contributed by atoms with Crippen molar-refractivity contribution in [3.63, 3.8) is 0 Å². The minimum Gasteiger partial charge on any atom is -0.340 e. The summed E-state index contributed by atoms with van der Waals surface area (Å²) in [6.07, 6.45) is 6.07. The molecule has 0 spiro atoms. The average molecular weight is 487 g/mol. The number of hydrogen-bond donors (Lipinski definition) is 2. The molecule has 0 bridgehead atoms. The largest absolute Gasteiger partial charge is 0.340 e. The van der Waals surface area contributed by atoms with E-state index >= 15 is 0 Å². The number of nitro groups is 1. The number of non-ortho nitro benzene ring substituents is 1. The summed E-state index contributed by atoms with van der Waals surface area (Å²) in [6.45, 7) is 1.72. The number of carbonyl (C=O) groups is 1. The Morgan fingerprint density at radius 1 is 1.09 bits per heavy atom. The lowest BCUT2D eigenvalue weighted by molar-refractivity contribution is -0.384. The fourth-order valence-corrected chi connectivity index (χ4v) is 5.38. The monoisotopic (exact) mass is 486 g/mol. The van der Waals surface area contributed by atoms with Crippen LogP contribution in [0.1, 0.15) is 46.1 Å². The zero-order chi connectivity index (χ0) is 24.4. The number of fused-ring (bicyclic) bond motifs is 3. The fourth-order valence-electron chi connectivity index (χ4n) is 4.15. The van der Waals surface area contributed by atoms with Gasteiger partial charge in [0.2, 0.25) is 0 Å². The van der Waals surface area contributed by atoms with Gasteiger partial charge in [0.1, 0.15) is 17.0 Å². The molecule has 4 aromatic rings. The van der Waals surface area contributed by atoms with Crippen LogP contribution in [0.5, 0.6) is 0 Å². The third kappa shape index (κ3) is 4.73. The van der Waals surface area contributed by atoms with E-state index in [0.717, 1.165) is 34.6 Å². The number of aromatic nitrogens is 2. The van der Waals surface area contributed by atoms with Crippen molar-refractivity contribution in [2.45, 2.75) is 32.6 Å². The molecule has 2 N–H and O–H groups in total. The predicted octanol–water partition coefficient (Wildman–Crippen LogP) is 5.38. The normalized spacial score (nSPS) is 13.3. The standard InChI is InChI=1S/C25H22N6O3S/c1-15(16-9-11-19(12-10-16)31(33)34)29-30-24(32)17-5-4-6-18(13-17)28-23-22-20-7-2-3-8-21(20)35-25(22)27-14-26-23/h4-6,9-14H,2-3,7-8H2,1H3,(H,30,32)(H,26,27,28)/b29-15+. The van der Waals surface area contributed by atoms with Crippen molar-refractivity contribution >= 4 is 50.4 Å². The number of rotatable bonds is 6. The molecule has 1 aliphatic rings. The zero-order valence-electron chi connectivity index (χ0n) is 18.9. The Kier molecular flexibility index (Phi) is 6.19. The second-order valence-electron chi connectivity index (χ2n) is 8.26. The Bertz CT molecular complexity index is 1460. The highest BCUT2D eigenvalue weighted by molar-refractivity contribution is 7.19. The number of hydrogen-bond acceptors (Lipinski definition) is 8. The van der Waals surface area contributed by atoms with E-state index in [1.165, 1.54) is 35.4 Å². The van der Waals surface area contributed by atoms with Crippen molar-refractivity contribution < 1.29 is 9.72 Å². The van der Waals surface area contributed by atoms with E-state index in [9.17, 15) is 14.9 Å². The van der Waals surface area contributed by atoms with Crippen molar-refractivity contribution in [1.82, 2.24) is 15.4 Å². The number of thiophene rings is 1. The maximum Gasteiger partial charge on any atom is 0.271 e. The molecule has 176 valence electrons. The molecule has 0 saturated heterocycles. The van der Waals surface area contributed by atoms with E-state index in [1.807, 2.05) is 6.07 Å².